The zero-order chi connectivity index (χ0) is 24.2. The molecule has 0 spiro atoms. The van der Waals surface area contributed by atoms with E-state index in [1.165, 1.54) is 0 Å². The summed E-state index contributed by atoms with van der Waals surface area (Å²) in [6, 6.07) is 18.4. The van der Waals surface area contributed by atoms with Crippen LogP contribution < -0.4 is 19.3 Å². The van der Waals surface area contributed by atoms with Crippen LogP contribution in [0, 0.1) is 0 Å². The van der Waals surface area contributed by atoms with E-state index in [1.807, 2.05) is 36.4 Å². The standard InChI is InChI=1S/C28H36ClN2O3/c1-4-5-14-28(32,20-21-10-12-23-22(19-21)11-13-26(34-3)27(23)29)31(17-15-30-16-18-31)24-8-6-7-9-25(24)33-2/h6-13,19,30,32H,4-5,14-18,20H2,1-3H3/q+1. The van der Waals surface area contributed by atoms with Crippen LogP contribution in [0.25, 0.3) is 10.8 Å². The Hall–Kier alpha value is -2.31. The number of methoxy groups -OCH3 is 2. The number of piperazine rings is 1. The zero-order valence-electron chi connectivity index (χ0n) is 20.4. The van der Waals surface area contributed by atoms with Gasteiger partial charge in [0.15, 0.2) is 11.4 Å². The fourth-order valence-electron chi connectivity index (χ4n) is 5.47. The second-order valence-electron chi connectivity index (χ2n) is 9.24. The molecule has 1 aliphatic rings. The number of para-hydroxylation sites is 2. The highest BCUT2D eigenvalue weighted by Crippen LogP contribution is 2.43. The molecular weight excluding hydrogens is 448 g/mol. The minimum Gasteiger partial charge on any atom is -0.495 e. The van der Waals surface area contributed by atoms with Crippen LogP contribution in [-0.2, 0) is 6.42 Å². The highest BCUT2D eigenvalue weighted by molar-refractivity contribution is 6.37. The van der Waals surface area contributed by atoms with Gasteiger partial charge in [0.25, 0.3) is 0 Å². The zero-order valence-corrected chi connectivity index (χ0v) is 21.2. The third-order valence-corrected chi connectivity index (χ3v) is 7.69. The van der Waals surface area contributed by atoms with Crippen molar-refractivity contribution in [1.29, 1.82) is 0 Å². The highest BCUT2D eigenvalue weighted by atomic mass is 35.5. The molecule has 2 N–H and O–H groups in total. The molecule has 34 heavy (non-hydrogen) atoms. The number of nitrogens with one attached hydrogen (secondary N) is 1. The molecule has 0 aromatic heterocycles. The van der Waals surface area contributed by atoms with Crippen LogP contribution in [0.5, 0.6) is 11.5 Å². The van der Waals surface area contributed by atoms with Gasteiger partial charge in [-0.1, -0.05) is 61.3 Å². The highest BCUT2D eigenvalue weighted by Gasteiger charge is 2.52. The summed E-state index contributed by atoms with van der Waals surface area (Å²) in [5, 5.41) is 18.7. The largest absolute Gasteiger partial charge is 0.495 e. The first-order chi connectivity index (χ1) is 16.5. The lowest BCUT2D eigenvalue weighted by molar-refractivity contribution is -0.113. The quantitative estimate of drug-likeness (QED) is 0.392. The average Bonchev–Trinajstić information content (AvgIpc) is 2.88. The molecular formula is C28H36ClN2O3+. The molecule has 1 saturated heterocycles. The third-order valence-electron chi connectivity index (χ3n) is 7.30. The van der Waals surface area contributed by atoms with Gasteiger partial charge >= 0.3 is 0 Å². The van der Waals surface area contributed by atoms with E-state index in [2.05, 4.69) is 30.4 Å². The average molecular weight is 484 g/mol. The number of ether oxygens (including phenoxy) is 2. The summed E-state index contributed by atoms with van der Waals surface area (Å²) in [6.45, 7) is 5.48. The Balaban J connectivity index is 1.81. The van der Waals surface area contributed by atoms with Crippen LogP contribution >= 0.6 is 11.6 Å². The van der Waals surface area contributed by atoms with E-state index in [4.69, 9.17) is 21.1 Å². The van der Waals surface area contributed by atoms with Crippen molar-refractivity contribution in [3.05, 3.63) is 65.2 Å². The molecule has 1 unspecified atom stereocenters. The first-order valence-electron chi connectivity index (χ1n) is 12.2. The summed E-state index contributed by atoms with van der Waals surface area (Å²) in [5.74, 6) is 1.50. The molecule has 6 heteroatoms. The Bertz CT molecular complexity index is 1130. The van der Waals surface area contributed by atoms with Gasteiger partial charge in [-0.05, 0) is 29.5 Å². The van der Waals surface area contributed by atoms with Gasteiger partial charge in [-0.3, -0.25) is 4.48 Å². The van der Waals surface area contributed by atoms with Gasteiger partial charge in [0.1, 0.15) is 5.75 Å². The molecule has 5 nitrogen and oxygen atoms in total. The van der Waals surface area contributed by atoms with Crippen LogP contribution in [0.2, 0.25) is 5.02 Å². The van der Waals surface area contributed by atoms with Crippen molar-refractivity contribution in [2.24, 2.45) is 0 Å². The number of fused-ring (bicyclic) bond motifs is 1. The number of hydrogen-bond acceptors (Lipinski definition) is 4. The molecule has 0 amide bonds. The normalized spacial score (nSPS) is 17.3. The molecule has 1 atom stereocenters. The minimum absolute atomic E-state index is 0.491. The van der Waals surface area contributed by atoms with Crippen molar-refractivity contribution in [2.75, 3.05) is 40.4 Å². The van der Waals surface area contributed by atoms with Crippen LogP contribution in [0.1, 0.15) is 31.7 Å². The van der Waals surface area contributed by atoms with Crippen LogP contribution in [0.4, 0.5) is 5.69 Å². The van der Waals surface area contributed by atoms with E-state index in [1.54, 1.807) is 14.2 Å². The molecule has 0 aliphatic carbocycles. The lowest BCUT2D eigenvalue weighted by Gasteiger charge is -2.52. The summed E-state index contributed by atoms with van der Waals surface area (Å²) in [6.07, 6.45) is 3.24. The molecule has 1 aliphatic heterocycles. The first kappa shape index (κ1) is 24.8. The fraction of sp³-hybridized carbons (Fsp3) is 0.429. The molecule has 0 bridgehead atoms. The molecule has 1 fully saturated rings. The Labute approximate surface area is 207 Å². The summed E-state index contributed by atoms with van der Waals surface area (Å²) in [4.78, 5) is 0. The van der Waals surface area contributed by atoms with E-state index in [9.17, 15) is 5.11 Å². The lowest BCUT2D eigenvalue weighted by Crippen LogP contribution is -2.72. The molecule has 1 heterocycles. The van der Waals surface area contributed by atoms with E-state index in [-0.39, 0.29) is 0 Å². The Kier molecular flexibility index (Phi) is 7.68. The summed E-state index contributed by atoms with van der Waals surface area (Å²) in [5.41, 5.74) is 1.17. The van der Waals surface area contributed by atoms with Crippen molar-refractivity contribution in [2.45, 2.75) is 38.3 Å². The Morgan fingerprint density at radius 3 is 2.44 bits per heavy atom. The Morgan fingerprint density at radius 2 is 1.74 bits per heavy atom. The van der Waals surface area contributed by atoms with Crippen molar-refractivity contribution in [3.8, 4) is 11.5 Å². The molecule has 3 aromatic carbocycles. The van der Waals surface area contributed by atoms with E-state index < -0.39 is 5.72 Å². The van der Waals surface area contributed by atoms with Crippen LogP contribution in [0.3, 0.4) is 0 Å². The van der Waals surface area contributed by atoms with Crippen molar-refractivity contribution in [1.82, 2.24) is 9.80 Å². The van der Waals surface area contributed by atoms with Gasteiger partial charge in [-0.25, -0.2) is 0 Å². The predicted molar refractivity (Wildman–Crippen MR) is 141 cm³/mol. The predicted octanol–water partition coefficient (Wildman–Crippen LogP) is 5.54. The van der Waals surface area contributed by atoms with Gasteiger partial charge in [0.05, 0.1) is 38.8 Å². The second-order valence-corrected chi connectivity index (χ2v) is 9.61. The molecule has 4 rings (SSSR count). The van der Waals surface area contributed by atoms with Gasteiger partial charge < -0.3 is 19.9 Å². The van der Waals surface area contributed by atoms with Crippen molar-refractivity contribution >= 4 is 28.1 Å². The lowest BCUT2D eigenvalue weighted by atomic mass is 9.89. The molecule has 0 radical (unpaired) electrons. The maximum absolute atomic E-state index is 12.6. The van der Waals surface area contributed by atoms with Crippen molar-refractivity contribution < 1.29 is 14.6 Å². The maximum atomic E-state index is 12.6. The number of quaternary nitrogens is 1. The van der Waals surface area contributed by atoms with Gasteiger partial charge in [-0.15, -0.1) is 0 Å². The van der Waals surface area contributed by atoms with Crippen LogP contribution in [-0.4, -0.2) is 51.2 Å². The monoisotopic (exact) mass is 483 g/mol. The topological polar surface area (TPSA) is 50.7 Å². The van der Waals surface area contributed by atoms with Gasteiger partial charge in [0.2, 0.25) is 5.72 Å². The molecule has 182 valence electrons. The summed E-state index contributed by atoms with van der Waals surface area (Å²) >= 11 is 6.55. The number of halogens is 1. The summed E-state index contributed by atoms with van der Waals surface area (Å²) in [7, 11) is 3.34. The van der Waals surface area contributed by atoms with E-state index in [0.29, 0.717) is 28.1 Å². The SMILES string of the molecule is CCCCC(O)(Cc1ccc2c(Cl)c(OC)ccc2c1)[N+]1(c2ccccc2OC)CCNCC1. The van der Waals surface area contributed by atoms with Gasteiger partial charge in [-0.2, -0.15) is 0 Å². The maximum Gasteiger partial charge on any atom is 0.209 e. The molecule has 0 saturated carbocycles. The number of hydrogen-bond donors (Lipinski definition) is 2. The smallest absolute Gasteiger partial charge is 0.209 e. The third kappa shape index (κ3) is 4.50. The van der Waals surface area contributed by atoms with Crippen LogP contribution in [0.15, 0.2) is 54.6 Å². The molecule has 3 aromatic rings. The second kappa shape index (κ2) is 10.5. The minimum atomic E-state index is -0.976. The van der Waals surface area contributed by atoms with E-state index in [0.717, 1.165) is 66.8 Å². The van der Waals surface area contributed by atoms with Gasteiger partial charge in [0, 0.05) is 31.0 Å². The number of nitrogens with zero attached hydrogens (tertiary/aromatic N) is 1. The fourth-order valence-corrected chi connectivity index (χ4v) is 5.78. The number of unbranched alkanes of at least 4 members (excludes halogenated alkanes) is 1. The number of aliphatic hydroxyl groups is 1. The van der Waals surface area contributed by atoms with Crippen molar-refractivity contribution in [3.63, 3.8) is 0 Å². The van der Waals surface area contributed by atoms with E-state index >= 15 is 0 Å². The Morgan fingerprint density at radius 1 is 1.00 bits per heavy atom. The number of benzene rings is 3. The number of rotatable bonds is 9. The first-order valence-corrected chi connectivity index (χ1v) is 12.5. The summed E-state index contributed by atoms with van der Waals surface area (Å²) < 4.78 is 11.7.